The predicted molar refractivity (Wildman–Crippen MR) is 131 cm³/mol. The van der Waals surface area contributed by atoms with Gasteiger partial charge in [-0.25, -0.2) is 4.79 Å². The summed E-state index contributed by atoms with van der Waals surface area (Å²) in [6.45, 7) is 10.3. The van der Waals surface area contributed by atoms with E-state index in [0.717, 1.165) is 12.8 Å². The zero-order valence-corrected chi connectivity index (χ0v) is 22.3. The van der Waals surface area contributed by atoms with Gasteiger partial charge in [0.2, 0.25) is 0 Å². The number of cyclic esters (lactones) is 1. The standard InChI is InChI=1S/C29H42O7/c1-16-6-7-19(34-24(16)31)17(2)18-10-11-29(33)21-9-8-20-25(3,4)35-22-14-23(30)36-28(20,22)15-27(21,32)13-12-26(18,29)5/h6,17-22,32-33H,7-15H2,1-5H3. The minimum Gasteiger partial charge on any atom is -0.458 e. The molecule has 3 aliphatic heterocycles. The highest BCUT2D eigenvalue weighted by molar-refractivity contribution is 5.88. The number of ether oxygens (including phenoxy) is 3. The summed E-state index contributed by atoms with van der Waals surface area (Å²) >= 11 is 0. The normalized spacial score (nSPS) is 52.2. The highest BCUT2D eigenvalue weighted by atomic mass is 16.6. The summed E-state index contributed by atoms with van der Waals surface area (Å²) in [5, 5.41) is 24.8. The van der Waals surface area contributed by atoms with Crippen LogP contribution in [0.15, 0.2) is 11.6 Å². The third-order valence-corrected chi connectivity index (χ3v) is 11.8. The van der Waals surface area contributed by atoms with Gasteiger partial charge < -0.3 is 24.4 Å². The summed E-state index contributed by atoms with van der Waals surface area (Å²) in [4.78, 5) is 24.7. The molecule has 10 unspecified atom stereocenters. The van der Waals surface area contributed by atoms with E-state index in [1.807, 2.05) is 6.08 Å². The van der Waals surface area contributed by atoms with Gasteiger partial charge in [0.1, 0.15) is 17.8 Å². The maximum absolute atomic E-state index is 12.5. The van der Waals surface area contributed by atoms with E-state index < -0.39 is 22.4 Å². The van der Waals surface area contributed by atoms with Crippen LogP contribution >= 0.6 is 0 Å². The molecule has 5 fully saturated rings. The van der Waals surface area contributed by atoms with Crippen molar-refractivity contribution in [2.24, 2.45) is 29.1 Å². The first-order chi connectivity index (χ1) is 16.8. The second-order valence-corrected chi connectivity index (χ2v) is 13.7. The highest BCUT2D eigenvalue weighted by Gasteiger charge is 2.74. The summed E-state index contributed by atoms with van der Waals surface area (Å²) in [5.74, 6) is -0.502. The fourth-order valence-corrected chi connectivity index (χ4v) is 9.96. The molecule has 1 spiro atoms. The van der Waals surface area contributed by atoms with Gasteiger partial charge >= 0.3 is 11.9 Å². The fraction of sp³-hybridized carbons (Fsp3) is 0.862. The van der Waals surface area contributed by atoms with Crippen LogP contribution in [0.3, 0.4) is 0 Å². The van der Waals surface area contributed by atoms with Crippen molar-refractivity contribution in [2.45, 2.75) is 127 Å². The molecular formula is C29H42O7. The molecule has 6 rings (SSSR count). The molecule has 0 radical (unpaired) electrons. The lowest BCUT2D eigenvalue weighted by Crippen LogP contribution is -2.64. The molecule has 0 bridgehead atoms. The van der Waals surface area contributed by atoms with Crippen molar-refractivity contribution >= 4 is 11.9 Å². The predicted octanol–water partition coefficient (Wildman–Crippen LogP) is 3.84. The Hall–Kier alpha value is -1.44. The first-order valence-electron chi connectivity index (χ1n) is 14.0. The van der Waals surface area contributed by atoms with Crippen LogP contribution in [0.4, 0.5) is 0 Å². The molecule has 3 heterocycles. The topological polar surface area (TPSA) is 102 Å². The molecule has 200 valence electrons. The number of fused-ring (bicyclic) bond motifs is 3. The van der Waals surface area contributed by atoms with Gasteiger partial charge in [-0.1, -0.05) is 19.9 Å². The largest absolute Gasteiger partial charge is 0.458 e. The van der Waals surface area contributed by atoms with E-state index in [4.69, 9.17) is 14.2 Å². The van der Waals surface area contributed by atoms with Crippen LogP contribution in [0, 0.1) is 29.1 Å². The van der Waals surface area contributed by atoms with Crippen LogP contribution in [0.1, 0.15) is 92.4 Å². The highest BCUT2D eigenvalue weighted by Crippen LogP contribution is 2.69. The fourth-order valence-electron chi connectivity index (χ4n) is 9.96. The number of rotatable bonds is 2. The summed E-state index contributed by atoms with van der Waals surface area (Å²) < 4.78 is 18.2. The van der Waals surface area contributed by atoms with Gasteiger partial charge in [0.25, 0.3) is 0 Å². The Morgan fingerprint density at radius 1 is 1.03 bits per heavy atom. The quantitative estimate of drug-likeness (QED) is 0.553. The van der Waals surface area contributed by atoms with Gasteiger partial charge in [0, 0.05) is 35.7 Å². The van der Waals surface area contributed by atoms with Crippen molar-refractivity contribution in [3.05, 3.63) is 11.6 Å². The summed E-state index contributed by atoms with van der Waals surface area (Å²) in [5.41, 5.74) is -3.14. The van der Waals surface area contributed by atoms with Crippen molar-refractivity contribution in [1.82, 2.24) is 0 Å². The molecule has 3 aliphatic carbocycles. The van der Waals surface area contributed by atoms with E-state index in [-0.39, 0.29) is 59.7 Å². The van der Waals surface area contributed by atoms with Crippen LogP contribution < -0.4 is 0 Å². The average Bonchev–Trinajstić information content (AvgIpc) is 3.25. The zero-order chi connectivity index (χ0) is 25.9. The number of carbonyl (C=O) groups is 2. The van der Waals surface area contributed by atoms with Crippen LogP contribution in [0.2, 0.25) is 0 Å². The lowest BCUT2D eigenvalue weighted by molar-refractivity contribution is -0.232. The zero-order valence-electron chi connectivity index (χ0n) is 22.3. The van der Waals surface area contributed by atoms with Crippen LogP contribution in [0.5, 0.6) is 0 Å². The molecule has 0 aromatic carbocycles. The van der Waals surface area contributed by atoms with Gasteiger partial charge in [0.05, 0.1) is 23.2 Å². The number of hydrogen-bond acceptors (Lipinski definition) is 7. The summed E-state index contributed by atoms with van der Waals surface area (Å²) in [6.07, 6.45) is 6.85. The van der Waals surface area contributed by atoms with Crippen LogP contribution in [0.25, 0.3) is 0 Å². The first-order valence-corrected chi connectivity index (χ1v) is 14.0. The Morgan fingerprint density at radius 3 is 2.47 bits per heavy atom. The van der Waals surface area contributed by atoms with E-state index in [1.54, 1.807) is 6.92 Å². The number of carbonyl (C=O) groups excluding carboxylic acids is 2. The third-order valence-electron chi connectivity index (χ3n) is 11.8. The summed E-state index contributed by atoms with van der Waals surface area (Å²) in [7, 11) is 0. The van der Waals surface area contributed by atoms with Gasteiger partial charge in [-0.3, -0.25) is 4.79 Å². The van der Waals surface area contributed by atoms with E-state index >= 15 is 0 Å². The van der Waals surface area contributed by atoms with Crippen molar-refractivity contribution in [1.29, 1.82) is 0 Å². The van der Waals surface area contributed by atoms with Gasteiger partial charge in [-0.05, 0) is 71.1 Å². The molecule has 36 heavy (non-hydrogen) atoms. The van der Waals surface area contributed by atoms with E-state index in [1.165, 1.54) is 0 Å². The first kappa shape index (κ1) is 24.9. The Labute approximate surface area is 213 Å². The van der Waals surface area contributed by atoms with Gasteiger partial charge in [-0.15, -0.1) is 0 Å². The summed E-state index contributed by atoms with van der Waals surface area (Å²) in [6, 6.07) is 0. The lowest BCUT2D eigenvalue weighted by atomic mass is 9.51. The smallest absolute Gasteiger partial charge is 0.333 e. The molecule has 6 aliphatic rings. The Balaban J connectivity index is 1.32. The van der Waals surface area contributed by atoms with Crippen molar-refractivity contribution < 1.29 is 34.0 Å². The van der Waals surface area contributed by atoms with Crippen molar-refractivity contribution in [3.63, 3.8) is 0 Å². The maximum Gasteiger partial charge on any atom is 0.333 e. The lowest BCUT2D eigenvalue weighted by Gasteiger charge is -2.58. The minimum atomic E-state index is -1.12. The molecule has 10 atom stereocenters. The number of hydrogen-bond donors (Lipinski definition) is 2. The minimum absolute atomic E-state index is 0.0151. The van der Waals surface area contributed by atoms with E-state index in [2.05, 4.69) is 27.7 Å². The van der Waals surface area contributed by atoms with Crippen molar-refractivity contribution in [2.75, 3.05) is 0 Å². The Kier molecular flexibility index (Phi) is 5.23. The Morgan fingerprint density at radius 2 is 1.75 bits per heavy atom. The average molecular weight is 503 g/mol. The van der Waals surface area contributed by atoms with E-state index in [9.17, 15) is 19.8 Å². The molecule has 0 amide bonds. The molecule has 2 N–H and O–H groups in total. The number of esters is 2. The van der Waals surface area contributed by atoms with Crippen LogP contribution in [-0.2, 0) is 23.8 Å². The molecule has 0 aromatic heterocycles. The second-order valence-electron chi connectivity index (χ2n) is 13.7. The third kappa shape index (κ3) is 3.08. The molecule has 7 nitrogen and oxygen atoms in total. The van der Waals surface area contributed by atoms with E-state index in [0.29, 0.717) is 44.1 Å². The SMILES string of the molecule is CC1=CCC(C(C)C2CCC3(O)C4CCC5C(C)(C)OC6CC(=O)OC65CC4(O)CCC23C)OC1=O. The van der Waals surface area contributed by atoms with Crippen LogP contribution in [-0.4, -0.2) is 56.8 Å². The van der Waals surface area contributed by atoms with Crippen molar-refractivity contribution in [3.8, 4) is 0 Å². The molecule has 7 heteroatoms. The molecular weight excluding hydrogens is 460 g/mol. The monoisotopic (exact) mass is 502 g/mol. The second kappa shape index (κ2) is 7.57. The molecule has 3 saturated carbocycles. The Bertz CT molecular complexity index is 1020. The molecule has 0 aromatic rings. The number of aliphatic hydroxyl groups is 2. The maximum atomic E-state index is 12.5. The molecule has 2 saturated heterocycles. The van der Waals surface area contributed by atoms with Gasteiger partial charge in [-0.2, -0.15) is 0 Å². The van der Waals surface area contributed by atoms with Gasteiger partial charge in [0.15, 0.2) is 0 Å².